The van der Waals surface area contributed by atoms with Crippen LogP contribution in [-0.2, 0) is 14.4 Å². The molecule has 0 bridgehead atoms. The molecule has 3 amide bonds. The lowest BCUT2D eigenvalue weighted by atomic mass is 9.82. The minimum atomic E-state index is -0.654. The highest BCUT2D eigenvalue weighted by Gasteiger charge is 2.43. The zero-order valence-electron chi connectivity index (χ0n) is 22.0. The predicted molar refractivity (Wildman–Crippen MR) is 142 cm³/mol. The number of thiazole rings is 1. The number of aromatic nitrogens is 1. The summed E-state index contributed by atoms with van der Waals surface area (Å²) in [5, 5.41) is 6.13. The number of nitrogens with zero attached hydrogens (tertiary/aromatic N) is 2. The molecule has 2 aliphatic rings. The fourth-order valence-electron chi connectivity index (χ4n) is 4.94. The SMILES string of the molecule is Cc1ncsc1-c1ccc(C(C)NC(=O)C2CCCN2C(=O)C(NC(=O)C2CCC2)C(C)(C)C)cc1. The molecule has 7 nitrogen and oxygen atoms in total. The fraction of sp³-hybridized carbons (Fsp3) is 0.571. The Morgan fingerprint density at radius 3 is 2.28 bits per heavy atom. The minimum Gasteiger partial charge on any atom is -0.348 e. The van der Waals surface area contributed by atoms with Gasteiger partial charge in [0.15, 0.2) is 0 Å². The van der Waals surface area contributed by atoms with Gasteiger partial charge in [-0.1, -0.05) is 51.5 Å². The quantitative estimate of drug-likeness (QED) is 0.569. The molecule has 4 rings (SSSR count). The zero-order valence-corrected chi connectivity index (χ0v) is 22.8. The predicted octanol–water partition coefficient (Wildman–Crippen LogP) is 4.62. The van der Waals surface area contributed by atoms with Crippen molar-refractivity contribution in [2.24, 2.45) is 11.3 Å². The smallest absolute Gasteiger partial charge is 0.246 e. The third-order valence-corrected chi connectivity index (χ3v) is 8.47. The van der Waals surface area contributed by atoms with Crippen LogP contribution in [0.3, 0.4) is 0 Å². The maximum Gasteiger partial charge on any atom is 0.246 e. The van der Waals surface area contributed by atoms with Crippen LogP contribution < -0.4 is 10.6 Å². The van der Waals surface area contributed by atoms with Crippen molar-refractivity contribution < 1.29 is 14.4 Å². The Balaban J connectivity index is 1.41. The molecule has 0 radical (unpaired) electrons. The van der Waals surface area contributed by atoms with Gasteiger partial charge in [-0.15, -0.1) is 11.3 Å². The molecule has 1 aliphatic carbocycles. The van der Waals surface area contributed by atoms with Crippen LogP contribution in [0.4, 0.5) is 0 Å². The molecule has 3 unspecified atom stereocenters. The van der Waals surface area contributed by atoms with E-state index in [1.54, 1.807) is 16.2 Å². The minimum absolute atomic E-state index is 0.00700. The van der Waals surface area contributed by atoms with E-state index in [9.17, 15) is 14.4 Å². The van der Waals surface area contributed by atoms with Crippen LogP contribution in [0, 0.1) is 18.3 Å². The lowest BCUT2D eigenvalue weighted by Crippen LogP contribution is -2.58. The van der Waals surface area contributed by atoms with Crippen molar-refractivity contribution >= 4 is 29.1 Å². The number of likely N-dealkylation sites (tertiary alicyclic amines) is 1. The lowest BCUT2D eigenvalue weighted by Gasteiger charge is -2.37. The third kappa shape index (κ3) is 5.64. The van der Waals surface area contributed by atoms with Crippen LogP contribution in [0.5, 0.6) is 0 Å². The molecular weight excluding hydrogens is 472 g/mol. The van der Waals surface area contributed by atoms with E-state index in [4.69, 9.17) is 0 Å². The number of rotatable bonds is 7. The molecule has 1 saturated heterocycles. The Labute approximate surface area is 218 Å². The largest absolute Gasteiger partial charge is 0.348 e. The van der Waals surface area contributed by atoms with Crippen LogP contribution in [0.2, 0.25) is 0 Å². The summed E-state index contributed by atoms with van der Waals surface area (Å²) in [5.41, 5.74) is 4.52. The molecule has 8 heteroatoms. The average Bonchev–Trinajstić information content (AvgIpc) is 3.44. The molecule has 1 aliphatic heterocycles. The van der Waals surface area contributed by atoms with Gasteiger partial charge in [-0.2, -0.15) is 0 Å². The molecule has 2 N–H and O–H groups in total. The molecular formula is C28H38N4O3S. The Bertz CT molecular complexity index is 1100. The van der Waals surface area contributed by atoms with E-state index in [-0.39, 0.29) is 29.7 Å². The Hall–Kier alpha value is -2.74. The number of aryl methyl sites for hydroxylation is 1. The second-order valence-corrected chi connectivity index (χ2v) is 12.1. The number of hydrogen-bond acceptors (Lipinski definition) is 5. The van der Waals surface area contributed by atoms with Crippen molar-refractivity contribution in [2.75, 3.05) is 6.54 Å². The Morgan fingerprint density at radius 2 is 1.72 bits per heavy atom. The number of nitrogens with one attached hydrogen (secondary N) is 2. The van der Waals surface area contributed by atoms with E-state index in [2.05, 4.69) is 27.8 Å². The highest BCUT2D eigenvalue weighted by Crippen LogP contribution is 2.31. The molecule has 194 valence electrons. The van der Waals surface area contributed by atoms with Gasteiger partial charge in [0.1, 0.15) is 12.1 Å². The molecule has 1 aromatic carbocycles. The van der Waals surface area contributed by atoms with Crippen molar-refractivity contribution in [3.8, 4) is 10.4 Å². The van der Waals surface area contributed by atoms with Crippen molar-refractivity contribution in [2.45, 2.75) is 84.8 Å². The number of carbonyl (C=O) groups excluding carboxylic acids is 3. The van der Waals surface area contributed by atoms with E-state index >= 15 is 0 Å². The van der Waals surface area contributed by atoms with Gasteiger partial charge in [0, 0.05) is 12.5 Å². The summed E-state index contributed by atoms with van der Waals surface area (Å²) in [6, 6.07) is 6.81. The molecule has 1 aromatic heterocycles. The van der Waals surface area contributed by atoms with Crippen LogP contribution in [0.15, 0.2) is 29.8 Å². The first-order chi connectivity index (χ1) is 17.1. The number of benzene rings is 1. The highest BCUT2D eigenvalue weighted by molar-refractivity contribution is 7.13. The second kappa shape index (κ2) is 10.7. The van der Waals surface area contributed by atoms with E-state index in [0.29, 0.717) is 13.0 Å². The number of carbonyl (C=O) groups is 3. The molecule has 36 heavy (non-hydrogen) atoms. The Kier molecular flexibility index (Phi) is 7.83. The first kappa shape index (κ1) is 26.3. The van der Waals surface area contributed by atoms with Gasteiger partial charge >= 0.3 is 0 Å². The lowest BCUT2D eigenvalue weighted by molar-refractivity contribution is -0.145. The standard InChI is InChI=1S/C28H38N4O3S/c1-17(19-11-13-20(14-12-19)23-18(2)29-16-36-23)30-26(34)22-10-7-15-32(22)27(35)24(28(3,4)5)31-25(33)21-8-6-9-21/h11-14,16-17,21-22,24H,6-10,15H2,1-5H3,(H,30,34)(H,31,33). The van der Waals surface area contributed by atoms with Crippen molar-refractivity contribution in [1.29, 1.82) is 0 Å². The molecule has 3 atom stereocenters. The number of hydrogen-bond donors (Lipinski definition) is 2. The third-order valence-electron chi connectivity index (χ3n) is 7.49. The molecule has 2 aromatic rings. The summed E-state index contributed by atoms with van der Waals surface area (Å²) in [6.45, 7) is 10.4. The Morgan fingerprint density at radius 1 is 1.03 bits per heavy atom. The maximum absolute atomic E-state index is 13.6. The van der Waals surface area contributed by atoms with Gasteiger partial charge in [-0.25, -0.2) is 4.98 Å². The summed E-state index contributed by atoms with van der Waals surface area (Å²) in [7, 11) is 0. The number of amides is 3. The molecule has 2 heterocycles. The topological polar surface area (TPSA) is 91.4 Å². The molecule has 0 spiro atoms. The highest BCUT2D eigenvalue weighted by atomic mass is 32.1. The van der Waals surface area contributed by atoms with E-state index in [1.165, 1.54) is 0 Å². The van der Waals surface area contributed by atoms with Crippen molar-refractivity contribution in [3.63, 3.8) is 0 Å². The first-order valence-electron chi connectivity index (χ1n) is 13.0. The van der Waals surface area contributed by atoms with Gasteiger partial charge in [-0.05, 0) is 56.1 Å². The van der Waals surface area contributed by atoms with Crippen LogP contribution in [-0.4, -0.2) is 46.2 Å². The van der Waals surface area contributed by atoms with E-state index < -0.39 is 17.5 Å². The molecule has 2 fully saturated rings. The van der Waals surface area contributed by atoms with Gasteiger partial charge < -0.3 is 15.5 Å². The maximum atomic E-state index is 13.6. The van der Waals surface area contributed by atoms with Gasteiger partial charge in [0.05, 0.1) is 22.1 Å². The molecule has 1 saturated carbocycles. The summed E-state index contributed by atoms with van der Waals surface area (Å²) in [4.78, 5) is 46.8. The van der Waals surface area contributed by atoms with E-state index in [1.807, 2.05) is 52.3 Å². The van der Waals surface area contributed by atoms with Crippen LogP contribution in [0.1, 0.15) is 77.1 Å². The van der Waals surface area contributed by atoms with E-state index in [0.717, 1.165) is 47.4 Å². The summed E-state index contributed by atoms with van der Waals surface area (Å²) < 4.78 is 0. The summed E-state index contributed by atoms with van der Waals surface area (Å²) in [5.74, 6) is -0.341. The fourth-order valence-corrected chi connectivity index (χ4v) is 5.75. The zero-order chi connectivity index (χ0) is 26.0. The summed E-state index contributed by atoms with van der Waals surface area (Å²) >= 11 is 1.62. The normalized spacial score (nSPS) is 19.9. The summed E-state index contributed by atoms with van der Waals surface area (Å²) in [6.07, 6.45) is 4.23. The van der Waals surface area contributed by atoms with Crippen molar-refractivity contribution in [1.82, 2.24) is 20.5 Å². The van der Waals surface area contributed by atoms with Gasteiger partial charge in [0.2, 0.25) is 17.7 Å². The van der Waals surface area contributed by atoms with Gasteiger partial charge in [-0.3, -0.25) is 14.4 Å². The van der Waals surface area contributed by atoms with Crippen molar-refractivity contribution in [3.05, 3.63) is 41.0 Å². The second-order valence-electron chi connectivity index (χ2n) is 11.2. The monoisotopic (exact) mass is 510 g/mol. The van der Waals surface area contributed by atoms with Gasteiger partial charge in [0.25, 0.3) is 0 Å². The average molecular weight is 511 g/mol. The van der Waals surface area contributed by atoms with Crippen LogP contribution >= 0.6 is 11.3 Å². The van der Waals surface area contributed by atoms with Crippen LogP contribution in [0.25, 0.3) is 10.4 Å². The first-order valence-corrected chi connectivity index (χ1v) is 13.9.